The first-order chi connectivity index (χ1) is 21.1. The third-order valence-electron chi connectivity index (χ3n) is 8.06. The molecule has 14 heteroatoms. The van der Waals surface area contributed by atoms with E-state index in [1.165, 1.54) is 30.6 Å². The Bertz CT molecular complexity index is 1680. The molecule has 2 aromatic carbocycles. The molecule has 2 aromatic heterocycles. The summed E-state index contributed by atoms with van der Waals surface area (Å²) in [7, 11) is 0. The van der Waals surface area contributed by atoms with E-state index >= 15 is 4.39 Å². The minimum Gasteiger partial charge on any atom is -0.395 e. The number of hydrogen-bond acceptors (Lipinski definition) is 7. The van der Waals surface area contributed by atoms with Crippen molar-refractivity contribution in [1.29, 1.82) is 0 Å². The smallest absolute Gasteiger partial charge is 0.395 e. The third-order valence-corrected chi connectivity index (χ3v) is 8.06. The van der Waals surface area contributed by atoms with Crippen molar-refractivity contribution < 1.29 is 27.5 Å². The van der Waals surface area contributed by atoms with E-state index in [0.29, 0.717) is 60.9 Å². The number of amides is 2. The Morgan fingerprint density at radius 1 is 1.02 bits per heavy atom. The summed E-state index contributed by atoms with van der Waals surface area (Å²) in [4.78, 5) is 25.1. The number of alkyl halides is 3. The van der Waals surface area contributed by atoms with E-state index in [-0.39, 0.29) is 35.9 Å². The number of aliphatic hydroxyl groups excluding tert-OH is 1. The van der Waals surface area contributed by atoms with Gasteiger partial charge in [0.05, 0.1) is 23.2 Å². The molecule has 0 bridgehead atoms. The van der Waals surface area contributed by atoms with Gasteiger partial charge in [0.2, 0.25) is 0 Å². The number of hydrogen-bond donors (Lipinski definition) is 4. The van der Waals surface area contributed by atoms with Crippen molar-refractivity contribution in [3.63, 3.8) is 0 Å². The zero-order chi connectivity index (χ0) is 31.0. The first-order valence-corrected chi connectivity index (χ1v) is 14.4. The predicted octanol–water partition coefficient (Wildman–Crippen LogP) is 4.93. The lowest BCUT2D eigenvalue weighted by molar-refractivity contribution is -0.138. The Morgan fingerprint density at radius 3 is 2.45 bits per heavy atom. The van der Waals surface area contributed by atoms with Crippen LogP contribution in [0.1, 0.15) is 30.0 Å². The highest BCUT2D eigenvalue weighted by molar-refractivity contribution is 6.02. The van der Waals surface area contributed by atoms with Gasteiger partial charge >= 0.3 is 12.2 Å². The van der Waals surface area contributed by atoms with Crippen molar-refractivity contribution in [2.45, 2.75) is 31.6 Å². The third kappa shape index (κ3) is 6.32. The summed E-state index contributed by atoms with van der Waals surface area (Å²) in [5, 5.41) is 14.5. The molecule has 0 unspecified atom stereocenters. The van der Waals surface area contributed by atoms with E-state index in [1.54, 1.807) is 6.07 Å². The summed E-state index contributed by atoms with van der Waals surface area (Å²) in [5.41, 5.74) is 7.00. The van der Waals surface area contributed by atoms with E-state index < -0.39 is 23.6 Å². The number of nitrogens with zero attached hydrogens (tertiary/aromatic N) is 5. The number of benzene rings is 2. The first-order valence-electron chi connectivity index (χ1n) is 14.4. The number of fused-ring (bicyclic) bond motifs is 1. The second-order valence-corrected chi connectivity index (χ2v) is 11.1. The summed E-state index contributed by atoms with van der Waals surface area (Å²) in [5.74, 6) is -0.456. The van der Waals surface area contributed by atoms with Gasteiger partial charge in [-0.05, 0) is 48.2 Å². The molecule has 1 aliphatic carbocycles. The fraction of sp³-hybridized carbons (Fsp3) is 0.367. The van der Waals surface area contributed by atoms with E-state index in [1.807, 2.05) is 15.7 Å². The van der Waals surface area contributed by atoms with Crippen LogP contribution in [0.25, 0.3) is 22.2 Å². The van der Waals surface area contributed by atoms with Crippen LogP contribution in [0, 0.1) is 5.82 Å². The maximum Gasteiger partial charge on any atom is 0.416 e. The Labute approximate surface area is 250 Å². The average Bonchev–Trinajstić information content (AvgIpc) is 3.75. The molecular weight excluding hydrogens is 580 g/mol. The van der Waals surface area contributed by atoms with E-state index in [9.17, 15) is 18.0 Å². The van der Waals surface area contributed by atoms with Gasteiger partial charge < -0.3 is 26.0 Å². The molecule has 5 N–H and O–H groups in total. The number of aromatic nitrogens is 3. The van der Waals surface area contributed by atoms with Crippen LogP contribution in [0.3, 0.4) is 0 Å². The molecule has 2 aliphatic rings. The molecular formula is C30H32F4N8O2. The lowest BCUT2D eigenvalue weighted by Crippen LogP contribution is -2.46. The number of carbonyl (C=O) groups is 1. The maximum atomic E-state index is 15.2. The number of piperazine rings is 1. The Balaban J connectivity index is 1.15. The molecule has 2 amide bonds. The van der Waals surface area contributed by atoms with Crippen molar-refractivity contribution in [1.82, 2.24) is 24.3 Å². The number of anilines is 3. The predicted molar refractivity (Wildman–Crippen MR) is 158 cm³/mol. The van der Waals surface area contributed by atoms with E-state index in [4.69, 9.17) is 10.8 Å². The van der Waals surface area contributed by atoms with Crippen molar-refractivity contribution in [3.8, 4) is 11.1 Å². The molecule has 1 saturated heterocycles. The van der Waals surface area contributed by atoms with Gasteiger partial charge in [-0.25, -0.2) is 19.2 Å². The van der Waals surface area contributed by atoms with Crippen molar-refractivity contribution in [2.75, 3.05) is 55.7 Å². The number of halogens is 4. The van der Waals surface area contributed by atoms with Crippen LogP contribution in [0.4, 0.5) is 39.5 Å². The molecule has 0 radical (unpaired) electrons. The lowest BCUT2D eigenvalue weighted by atomic mass is 10.0. The highest BCUT2D eigenvalue weighted by atomic mass is 19.4. The number of urea groups is 1. The maximum absolute atomic E-state index is 15.2. The number of carbonyl (C=O) groups excluding carboxylic acids is 1. The van der Waals surface area contributed by atoms with Crippen LogP contribution >= 0.6 is 0 Å². The molecule has 44 heavy (non-hydrogen) atoms. The van der Waals surface area contributed by atoms with Gasteiger partial charge in [0.25, 0.3) is 0 Å². The molecule has 10 nitrogen and oxygen atoms in total. The van der Waals surface area contributed by atoms with Gasteiger partial charge in [0.15, 0.2) is 0 Å². The van der Waals surface area contributed by atoms with Gasteiger partial charge in [-0.2, -0.15) is 13.2 Å². The Morgan fingerprint density at radius 2 is 1.77 bits per heavy atom. The van der Waals surface area contributed by atoms with Crippen molar-refractivity contribution in [2.24, 2.45) is 0 Å². The average molecular weight is 613 g/mol. The topological polar surface area (TPSA) is 125 Å². The molecule has 232 valence electrons. The largest absolute Gasteiger partial charge is 0.416 e. The van der Waals surface area contributed by atoms with Crippen LogP contribution in [0.5, 0.6) is 0 Å². The number of β-amino-alcohol motifs (C(OH)–C–C–N with tert-alkyl or cyclic N) is 1. The van der Waals surface area contributed by atoms with Gasteiger partial charge in [-0.1, -0.05) is 12.1 Å². The highest BCUT2D eigenvalue weighted by Crippen LogP contribution is 2.42. The van der Waals surface area contributed by atoms with E-state index in [2.05, 4.69) is 25.5 Å². The number of nitrogens with two attached hydrogens (primary N) is 1. The quantitative estimate of drug-likeness (QED) is 0.208. The van der Waals surface area contributed by atoms with Gasteiger partial charge in [0.1, 0.15) is 23.6 Å². The lowest BCUT2D eigenvalue weighted by Gasteiger charge is -2.34. The molecule has 0 atom stereocenters. The fourth-order valence-electron chi connectivity index (χ4n) is 5.64. The normalized spacial score (nSPS) is 16.4. The molecule has 1 saturated carbocycles. The number of nitrogen functional groups attached to an aromatic ring is 1. The first kappa shape index (κ1) is 29.8. The van der Waals surface area contributed by atoms with Crippen LogP contribution in [-0.4, -0.2) is 74.8 Å². The summed E-state index contributed by atoms with van der Waals surface area (Å²) in [6.07, 6.45) is 0.648. The summed E-state index contributed by atoms with van der Waals surface area (Å²) >= 11 is 0. The van der Waals surface area contributed by atoms with Crippen LogP contribution in [0.15, 0.2) is 48.9 Å². The minimum absolute atomic E-state index is 0.0378. The number of aliphatic hydroxyl groups is 1. The summed E-state index contributed by atoms with van der Waals surface area (Å²) in [6, 6.07) is 7.31. The fourth-order valence-corrected chi connectivity index (χ4v) is 5.64. The van der Waals surface area contributed by atoms with Crippen LogP contribution < -0.4 is 16.4 Å². The molecule has 3 heterocycles. The zero-order valence-electron chi connectivity index (χ0n) is 23.7. The van der Waals surface area contributed by atoms with Gasteiger partial charge in [-0.3, -0.25) is 9.80 Å². The Kier molecular flexibility index (Phi) is 8.14. The molecule has 1 aliphatic heterocycles. The molecule has 0 spiro atoms. The molecule has 2 fully saturated rings. The standard InChI is InChI=1S/C30H32F4N8O2/c31-24-13-18(22-16-42(21-4-5-21)28-26(22)27(35)36-17-37-28)2-6-25(24)39-29(44)38-20-3-1-19(23(14-20)30(32,33)34)15-41-9-7-40(8-10-41)11-12-43/h1-3,6,13-14,16-17,21,43H,4-5,7-12,15H2,(H2,35,36,37)(H2,38,39,44). The zero-order valence-corrected chi connectivity index (χ0v) is 23.7. The van der Waals surface area contributed by atoms with Gasteiger partial charge in [0, 0.05) is 62.8 Å². The van der Waals surface area contributed by atoms with Crippen molar-refractivity contribution in [3.05, 3.63) is 65.9 Å². The van der Waals surface area contributed by atoms with Crippen LogP contribution in [-0.2, 0) is 12.7 Å². The number of rotatable bonds is 8. The minimum atomic E-state index is -4.64. The summed E-state index contributed by atoms with van der Waals surface area (Å²) < 4.78 is 59.2. The monoisotopic (exact) mass is 612 g/mol. The summed E-state index contributed by atoms with van der Waals surface area (Å²) in [6.45, 7) is 3.14. The van der Waals surface area contributed by atoms with Crippen molar-refractivity contribution >= 4 is 34.3 Å². The molecule has 6 rings (SSSR count). The second-order valence-electron chi connectivity index (χ2n) is 11.1. The SMILES string of the molecule is Nc1ncnc2c1c(-c1ccc(NC(=O)Nc3ccc(CN4CCN(CCO)CC4)c(C(F)(F)F)c3)c(F)c1)cn2C1CC1. The highest BCUT2D eigenvalue weighted by Gasteiger charge is 2.34. The Hall–Kier alpha value is -4.27. The van der Waals surface area contributed by atoms with E-state index in [0.717, 1.165) is 18.9 Å². The van der Waals surface area contributed by atoms with Gasteiger partial charge in [-0.15, -0.1) is 0 Å². The second kappa shape index (κ2) is 12.0. The molecule has 4 aromatic rings. The number of nitrogens with one attached hydrogen (secondary N) is 2. The van der Waals surface area contributed by atoms with Crippen LogP contribution in [0.2, 0.25) is 0 Å².